The predicted molar refractivity (Wildman–Crippen MR) is 54.0 cm³/mol. The number of aliphatic imine (C=N–C) groups is 2. The third-order valence-electron chi connectivity index (χ3n) is 1.48. The smallest absolute Gasteiger partial charge is 0.328 e. The molecule has 14 heavy (non-hydrogen) atoms. The van der Waals surface area contributed by atoms with Crippen LogP contribution in [0.4, 0.5) is 0 Å². The molecule has 0 aromatic carbocycles. The lowest BCUT2D eigenvalue weighted by atomic mass is 10.2. The summed E-state index contributed by atoms with van der Waals surface area (Å²) in [5.74, 6) is -1.00. The van der Waals surface area contributed by atoms with Gasteiger partial charge in [0.25, 0.3) is 0 Å². The summed E-state index contributed by atoms with van der Waals surface area (Å²) in [6.07, 6.45) is 1.89. The molecule has 7 N–H and O–H groups in total. The number of rotatable bonds is 6. The topological polar surface area (TPSA) is 140 Å². The number of guanidine groups is 1. The summed E-state index contributed by atoms with van der Waals surface area (Å²) in [7, 11) is 0. The van der Waals surface area contributed by atoms with E-state index in [0.717, 1.165) is 6.34 Å². The van der Waals surface area contributed by atoms with E-state index in [1.54, 1.807) is 0 Å². The molecule has 0 aliphatic heterocycles. The van der Waals surface area contributed by atoms with E-state index in [2.05, 4.69) is 9.98 Å². The SMILES string of the molecule is NC=N[C@@H](CCCN=C(N)N)C(=O)O. The Bertz CT molecular complexity index is 234. The Balaban J connectivity index is 3.84. The van der Waals surface area contributed by atoms with E-state index in [1.807, 2.05) is 0 Å². The zero-order chi connectivity index (χ0) is 11.0. The Hall–Kier alpha value is -1.79. The van der Waals surface area contributed by atoms with E-state index in [0.29, 0.717) is 19.4 Å². The molecule has 0 fully saturated rings. The van der Waals surface area contributed by atoms with Gasteiger partial charge < -0.3 is 22.3 Å². The third-order valence-corrected chi connectivity index (χ3v) is 1.48. The fourth-order valence-corrected chi connectivity index (χ4v) is 0.858. The first-order valence-corrected chi connectivity index (χ1v) is 4.09. The monoisotopic (exact) mass is 201 g/mol. The Kier molecular flexibility index (Phi) is 5.84. The Morgan fingerprint density at radius 3 is 2.57 bits per heavy atom. The largest absolute Gasteiger partial charge is 0.480 e. The van der Waals surface area contributed by atoms with Crippen LogP contribution in [0.1, 0.15) is 12.8 Å². The van der Waals surface area contributed by atoms with Crippen LogP contribution in [0.15, 0.2) is 9.98 Å². The van der Waals surface area contributed by atoms with Crippen molar-refractivity contribution in [1.82, 2.24) is 0 Å². The second-order valence-corrected chi connectivity index (χ2v) is 2.60. The van der Waals surface area contributed by atoms with E-state index in [1.165, 1.54) is 0 Å². The van der Waals surface area contributed by atoms with Crippen LogP contribution in [0.5, 0.6) is 0 Å². The van der Waals surface area contributed by atoms with Gasteiger partial charge in [-0.2, -0.15) is 0 Å². The van der Waals surface area contributed by atoms with Crippen molar-refractivity contribution in [3.8, 4) is 0 Å². The van der Waals surface area contributed by atoms with Crippen molar-refractivity contribution in [3.05, 3.63) is 0 Å². The van der Waals surface area contributed by atoms with E-state index in [9.17, 15) is 4.79 Å². The molecule has 0 saturated heterocycles. The standard InChI is InChI=1S/C7H15N5O2/c8-4-12-5(6(13)14)2-1-3-11-7(9)10/h4-5H,1-3H2,(H2,8,12)(H,13,14)(H4,9,10,11)/t5-/m0/s1. The van der Waals surface area contributed by atoms with Gasteiger partial charge in [-0.15, -0.1) is 0 Å². The van der Waals surface area contributed by atoms with Crippen LogP contribution in [0.25, 0.3) is 0 Å². The van der Waals surface area contributed by atoms with Crippen LogP contribution >= 0.6 is 0 Å². The maximum absolute atomic E-state index is 10.6. The van der Waals surface area contributed by atoms with Gasteiger partial charge in [0.2, 0.25) is 0 Å². The normalized spacial score (nSPS) is 12.6. The Labute approximate surface area is 81.7 Å². The number of carbonyl (C=O) groups is 1. The molecule has 0 spiro atoms. The highest BCUT2D eigenvalue weighted by atomic mass is 16.4. The highest BCUT2D eigenvalue weighted by Crippen LogP contribution is 2.01. The van der Waals surface area contributed by atoms with E-state index < -0.39 is 12.0 Å². The molecule has 0 heterocycles. The molecule has 0 bridgehead atoms. The molecule has 0 aromatic heterocycles. The maximum atomic E-state index is 10.6. The minimum atomic E-state index is -1.00. The van der Waals surface area contributed by atoms with Crippen molar-refractivity contribution in [2.75, 3.05) is 6.54 Å². The van der Waals surface area contributed by atoms with Crippen molar-refractivity contribution in [1.29, 1.82) is 0 Å². The molecule has 7 nitrogen and oxygen atoms in total. The summed E-state index contributed by atoms with van der Waals surface area (Å²) in [4.78, 5) is 17.9. The first-order valence-electron chi connectivity index (χ1n) is 4.09. The number of carboxylic acid groups (broad SMARTS) is 1. The van der Waals surface area contributed by atoms with E-state index in [-0.39, 0.29) is 5.96 Å². The molecule has 0 unspecified atom stereocenters. The molecular weight excluding hydrogens is 186 g/mol. The van der Waals surface area contributed by atoms with Crippen LogP contribution in [-0.4, -0.2) is 36.0 Å². The van der Waals surface area contributed by atoms with Crippen LogP contribution in [0, 0.1) is 0 Å². The highest BCUT2D eigenvalue weighted by molar-refractivity contribution is 5.76. The molecule has 0 saturated carbocycles. The minimum Gasteiger partial charge on any atom is -0.480 e. The second-order valence-electron chi connectivity index (χ2n) is 2.60. The Morgan fingerprint density at radius 1 is 1.50 bits per heavy atom. The first kappa shape index (κ1) is 12.2. The zero-order valence-electron chi connectivity index (χ0n) is 7.76. The molecule has 80 valence electrons. The minimum absolute atomic E-state index is 0.000740. The molecule has 0 aliphatic carbocycles. The fourth-order valence-electron chi connectivity index (χ4n) is 0.858. The fraction of sp³-hybridized carbons (Fsp3) is 0.571. The van der Waals surface area contributed by atoms with Crippen LogP contribution in [-0.2, 0) is 4.79 Å². The van der Waals surface area contributed by atoms with Crippen LogP contribution in [0.2, 0.25) is 0 Å². The lowest BCUT2D eigenvalue weighted by molar-refractivity contribution is -0.138. The summed E-state index contributed by atoms with van der Waals surface area (Å²) >= 11 is 0. The average Bonchev–Trinajstić information content (AvgIpc) is 2.09. The molecule has 7 heteroatoms. The predicted octanol–water partition coefficient (Wildman–Crippen LogP) is -1.52. The van der Waals surface area contributed by atoms with Gasteiger partial charge in [0.05, 0.1) is 6.34 Å². The molecule has 0 rings (SSSR count). The lowest BCUT2D eigenvalue weighted by Gasteiger charge is -2.04. The molecule has 0 radical (unpaired) electrons. The molecule has 0 aliphatic rings. The molecule has 1 atom stereocenters. The average molecular weight is 201 g/mol. The molecular formula is C7H15N5O2. The van der Waals surface area contributed by atoms with Gasteiger partial charge in [-0.3, -0.25) is 9.98 Å². The van der Waals surface area contributed by atoms with Gasteiger partial charge in [-0.25, -0.2) is 4.79 Å². The number of nitrogens with zero attached hydrogens (tertiary/aromatic N) is 2. The van der Waals surface area contributed by atoms with Gasteiger partial charge in [0, 0.05) is 6.54 Å². The summed E-state index contributed by atoms with van der Waals surface area (Å²) in [5, 5.41) is 8.66. The van der Waals surface area contributed by atoms with Crippen molar-refractivity contribution >= 4 is 18.3 Å². The van der Waals surface area contributed by atoms with Crippen LogP contribution < -0.4 is 17.2 Å². The van der Waals surface area contributed by atoms with Crippen molar-refractivity contribution in [2.24, 2.45) is 27.2 Å². The summed E-state index contributed by atoms with van der Waals surface area (Å²) in [6, 6.07) is -0.811. The Morgan fingerprint density at radius 2 is 2.14 bits per heavy atom. The summed E-state index contributed by atoms with van der Waals surface area (Å²) in [5.41, 5.74) is 15.2. The quantitative estimate of drug-likeness (QED) is 0.235. The van der Waals surface area contributed by atoms with Crippen molar-refractivity contribution < 1.29 is 9.90 Å². The zero-order valence-corrected chi connectivity index (χ0v) is 7.76. The van der Waals surface area contributed by atoms with E-state index in [4.69, 9.17) is 22.3 Å². The maximum Gasteiger partial charge on any atom is 0.328 e. The summed E-state index contributed by atoms with van der Waals surface area (Å²) < 4.78 is 0. The highest BCUT2D eigenvalue weighted by Gasteiger charge is 2.13. The lowest BCUT2D eigenvalue weighted by Crippen LogP contribution is -2.23. The number of hydrogen-bond acceptors (Lipinski definition) is 3. The number of carboxylic acids is 1. The van der Waals surface area contributed by atoms with Crippen molar-refractivity contribution in [2.45, 2.75) is 18.9 Å². The third kappa shape index (κ3) is 5.81. The van der Waals surface area contributed by atoms with Gasteiger partial charge in [-0.05, 0) is 12.8 Å². The number of aliphatic carboxylic acids is 1. The second kappa shape index (κ2) is 6.70. The van der Waals surface area contributed by atoms with E-state index >= 15 is 0 Å². The molecule has 0 aromatic rings. The number of hydrogen-bond donors (Lipinski definition) is 4. The summed E-state index contributed by atoms with van der Waals surface area (Å²) in [6.45, 7) is 0.395. The molecule has 0 amide bonds. The number of nitrogens with two attached hydrogens (primary N) is 3. The van der Waals surface area contributed by atoms with Crippen molar-refractivity contribution in [3.63, 3.8) is 0 Å². The van der Waals surface area contributed by atoms with Crippen LogP contribution in [0.3, 0.4) is 0 Å². The van der Waals surface area contributed by atoms with Gasteiger partial charge in [0.15, 0.2) is 5.96 Å². The van der Waals surface area contributed by atoms with Gasteiger partial charge >= 0.3 is 5.97 Å². The first-order chi connectivity index (χ1) is 6.57. The van der Waals surface area contributed by atoms with Gasteiger partial charge in [-0.1, -0.05) is 0 Å². The van der Waals surface area contributed by atoms with Gasteiger partial charge in [0.1, 0.15) is 6.04 Å².